The smallest absolute Gasteiger partial charge is 0.0467 e. The number of benzene rings is 8. The second-order valence-corrected chi connectivity index (χ2v) is 15.6. The Hall–Kier alpha value is -6.22. The summed E-state index contributed by atoms with van der Waals surface area (Å²) in [6.07, 6.45) is 0. The van der Waals surface area contributed by atoms with Crippen LogP contribution in [0.3, 0.4) is 0 Å². The van der Waals surface area contributed by atoms with E-state index in [1.807, 2.05) is 11.3 Å². The van der Waals surface area contributed by atoms with E-state index in [1.165, 1.54) is 75.8 Å². The molecule has 10 rings (SSSR count). The number of hydrogen-bond donors (Lipinski definition) is 0. The summed E-state index contributed by atoms with van der Waals surface area (Å²) in [7, 11) is 0. The van der Waals surface area contributed by atoms with E-state index in [4.69, 9.17) is 0 Å². The fourth-order valence-electron chi connectivity index (χ4n) is 8.43. The summed E-state index contributed by atoms with van der Waals surface area (Å²) in [6, 6.07) is 69.0. The molecule has 0 spiro atoms. The zero-order valence-electron chi connectivity index (χ0n) is 29.8. The van der Waals surface area contributed by atoms with E-state index in [0.717, 1.165) is 17.1 Å². The Labute approximate surface area is 315 Å². The predicted molar refractivity (Wildman–Crippen MR) is 228 cm³/mol. The van der Waals surface area contributed by atoms with Crippen LogP contribution in [-0.4, -0.2) is 0 Å². The Morgan fingerprint density at radius 3 is 1.77 bits per heavy atom. The highest BCUT2D eigenvalue weighted by atomic mass is 32.1. The fourth-order valence-corrected chi connectivity index (χ4v) is 9.56. The van der Waals surface area contributed by atoms with Gasteiger partial charge in [-0.1, -0.05) is 141 Å². The molecule has 0 aliphatic heterocycles. The molecule has 0 atom stereocenters. The van der Waals surface area contributed by atoms with E-state index in [1.54, 1.807) is 0 Å². The predicted octanol–water partition coefficient (Wildman–Crippen LogP) is 14.8. The number of rotatable bonds is 6. The summed E-state index contributed by atoms with van der Waals surface area (Å²) in [5.74, 6) is 0. The molecule has 2 heteroatoms. The van der Waals surface area contributed by atoms with Gasteiger partial charge in [-0.2, -0.15) is 0 Å². The first kappa shape index (κ1) is 31.5. The minimum atomic E-state index is 0.00461. The largest absolute Gasteiger partial charge is 0.310 e. The fraction of sp³-hybridized carbons (Fsp3) is 0.0588. The molecule has 53 heavy (non-hydrogen) atoms. The van der Waals surface area contributed by atoms with Crippen molar-refractivity contribution in [2.24, 2.45) is 0 Å². The van der Waals surface area contributed by atoms with Gasteiger partial charge in [0.2, 0.25) is 0 Å². The van der Waals surface area contributed by atoms with Crippen LogP contribution in [0.4, 0.5) is 17.1 Å². The average molecular weight is 696 g/mol. The highest BCUT2D eigenvalue weighted by molar-refractivity contribution is 7.25. The second kappa shape index (κ2) is 12.5. The summed E-state index contributed by atoms with van der Waals surface area (Å²) in [6.45, 7) is 4.68. The molecular weight excluding hydrogens is 659 g/mol. The van der Waals surface area contributed by atoms with Crippen molar-refractivity contribution in [3.63, 3.8) is 0 Å². The van der Waals surface area contributed by atoms with Crippen LogP contribution in [0.15, 0.2) is 188 Å². The van der Waals surface area contributed by atoms with Gasteiger partial charge in [0.1, 0.15) is 0 Å². The Morgan fingerprint density at radius 2 is 0.943 bits per heavy atom. The van der Waals surface area contributed by atoms with Gasteiger partial charge in [0.15, 0.2) is 0 Å². The van der Waals surface area contributed by atoms with E-state index in [9.17, 15) is 0 Å². The van der Waals surface area contributed by atoms with E-state index < -0.39 is 0 Å². The number of fused-ring (bicyclic) bond motifs is 6. The number of hydrogen-bond acceptors (Lipinski definition) is 2. The van der Waals surface area contributed by atoms with Crippen LogP contribution in [0.1, 0.15) is 25.0 Å². The lowest BCUT2D eigenvalue weighted by atomic mass is 9.82. The molecule has 8 aromatic carbocycles. The van der Waals surface area contributed by atoms with Crippen LogP contribution in [0.5, 0.6) is 0 Å². The lowest BCUT2D eigenvalue weighted by molar-refractivity contribution is 0.660. The van der Waals surface area contributed by atoms with Crippen LogP contribution in [-0.2, 0) is 5.41 Å². The molecule has 1 aliphatic rings. The van der Waals surface area contributed by atoms with Gasteiger partial charge in [-0.3, -0.25) is 0 Å². The van der Waals surface area contributed by atoms with Gasteiger partial charge >= 0.3 is 0 Å². The molecule has 0 N–H and O–H groups in total. The Bertz CT molecular complexity index is 2810. The van der Waals surface area contributed by atoms with Gasteiger partial charge in [0.05, 0.1) is 0 Å². The normalized spacial score (nSPS) is 12.9. The van der Waals surface area contributed by atoms with Crippen LogP contribution >= 0.6 is 11.3 Å². The quantitative estimate of drug-likeness (QED) is 0.167. The molecule has 1 nitrogen and oxygen atoms in total. The lowest BCUT2D eigenvalue weighted by Crippen LogP contribution is -2.14. The van der Waals surface area contributed by atoms with E-state index in [0.29, 0.717) is 0 Å². The van der Waals surface area contributed by atoms with Crippen molar-refractivity contribution in [3.8, 4) is 44.5 Å². The first-order valence-corrected chi connectivity index (χ1v) is 19.2. The number of anilines is 3. The van der Waals surface area contributed by atoms with Crippen LogP contribution in [0.25, 0.3) is 64.7 Å². The summed E-state index contributed by atoms with van der Waals surface area (Å²) < 4.78 is 2.65. The number of thiophene rings is 1. The van der Waals surface area contributed by atoms with E-state index >= 15 is 0 Å². The molecule has 9 aromatic rings. The molecule has 0 radical (unpaired) electrons. The molecule has 0 saturated carbocycles. The zero-order valence-corrected chi connectivity index (χ0v) is 30.6. The van der Waals surface area contributed by atoms with Crippen molar-refractivity contribution < 1.29 is 0 Å². The SMILES string of the molecule is CC1(C)c2ccccc2-c2cc(-c3cccc(-c4cccc(N(c5ccccc5)c5ccc(-c6cccc7sc8ccccc8c67)cc5)c4)c3)ccc21. The Balaban J connectivity index is 1.02. The Kier molecular flexibility index (Phi) is 7.42. The first-order chi connectivity index (χ1) is 26.0. The molecule has 0 unspecified atom stereocenters. The molecule has 1 heterocycles. The van der Waals surface area contributed by atoms with Crippen molar-refractivity contribution in [2.45, 2.75) is 19.3 Å². The molecule has 0 saturated heterocycles. The van der Waals surface area contributed by atoms with Crippen LogP contribution in [0, 0.1) is 0 Å². The maximum atomic E-state index is 2.39. The van der Waals surface area contributed by atoms with Gasteiger partial charge in [0, 0.05) is 42.6 Å². The lowest BCUT2D eigenvalue weighted by Gasteiger charge is -2.26. The van der Waals surface area contributed by atoms with Crippen molar-refractivity contribution in [2.75, 3.05) is 4.90 Å². The number of para-hydroxylation sites is 1. The molecule has 0 bridgehead atoms. The van der Waals surface area contributed by atoms with Crippen molar-refractivity contribution in [1.29, 1.82) is 0 Å². The monoisotopic (exact) mass is 695 g/mol. The molecule has 1 aromatic heterocycles. The topological polar surface area (TPSA) is 3.24 Å². The van der Waals surface area contributed by atoms with E-state index in [2.05, 4.69) is 207 Å². The van der Waals surface area contributed by atoms with Gasteiger partial charge in [-0.15, -0.1) is 11.3 Å². The summed E-state index contributed by atoms with van der Waals surface area (Å²) in [5, 5.41) is 2.66. The van der Waals surface area contributed by atoms with Gasteiger partial charge in [0.25, 0.3) is 0 Å². The standard InChI is InChI=1S/C51H37NS/c1-51(2)46-22-8-6-19-43(46)45-33-38(27-30-47(45)51)36-14-10-13-35(31-36)37-15-11-18-41(32-37)52(39-16-4-3-5-17-39)40-28-25-34(26-29-40)42-21-12-24-49-50(42)44-20-7-9-23-48(44)53-49/h3-33H,1-2H3. The second-order valence-electron chi connectivity index (χ2n) is 14.6. The van der Waals surface area contributed by atoms with Gasteiger partial charge in [-0.05, 0) is 116 Å². The molecular formula is C51H37NS. The molecule has 1 aliphatic carbocycles. The molecule has 252 valence electrons. The minimum Gasteiger partial charge on any atom is -0.310 e. The average Bonchev–Trinajstić information content (AvgIpc) is 3.71. The third kappa shape index (κ3) is 5.29. The van der Waals surface area contributed by atoms with Crippen molar-refractivity contribution in [3.05, 3.63) is 199 Å². The van der Waals surface area contributed by atoms with Crippen molar-refractivity contribution in [1.82, 2.24) is 0 Å². The molecule has 0 fully saturated rings. The Morgan fingerprint density at radius 1 is 0.377 bits per heavy atom. The maximum absolute atomic E-state index is 2.39. The third-order valence-corrected chi connectivity index (χ3v) is 12.2. The first-order valence-electron chi connectivity index (χ1n) is 18.3. The minimum absolute atomic E-state index is 0.00461. The maximum Gasteiger partial charge on any atom is 0.0467 e. The third-order valence-electron chi connectivity index (χ3n) is 11.1. The van der Waals surface area contributed by atoms with E-state index in [-0.39, 0.29) is 5.41 Å². The summed E-state index contributed by atoms with van der Waals surface area (Å²) >= 11 is 1.87. The molecule has 0 amide bonds. The summed E-state index contributed by atoms with van der Waals surface area (Å²) in [5.41, 5.74) is 16.2. The van der Waals surface area contributed by atoms with Crippen molar-refractivity contribution >= 4 is 48.6 Å². The van der Waals surface area contributed by atoms with Gasteiger partial charge < -0.3 is 4.90 Å². The number of nitrogens with zero attached hydrogens (tertiary/aromatic N) is 1. The van der Waals surface area contributed by atoms with Gasteiger partial charge in [-0.25, -0.2) is 0 Å². The highest BCUT2D eigenvalue weighted by Gasteiger charge is 2.35. The van der Waals surface area contributed by atoms with Crippen LogP contribution < -0.4 is 4.90 Å². The van der Waals surface area contributed by atoms with Crippen LogP contribution in [0.2, 0.25) is 0 Å². The highest BCUT2D eigenvalue weighted by Crippen LogP contribution is 2.50. The summed E-state index contributed by atoms with van der Waals surface area (Å²) in [4.78, 5) is 2.36. The zero-order chi connectivity index (χ0) is 35.5.